The van der Waals surface area contributed by atoms with Crippen molar-refractivity contribution in [3.8, 4) is 28.3 Å². The van der Waals surface area contributed by atoms with Gasteiger partial charge in [-0.15, -0.1) is 0 Å². The molecule has 134 valence electrons. The van der Waals surface area contributed by atoms with Crippen molar-refractivity contribution in [2.75, 3.05) is 0 Å². The number of halogens is 4. The summed E-state index contributed by atoms with van der Waals surface area (Å²) >= 11 is 12.0. The van der Waals surface area contributed by atoms with Crippen LogP contribution in [0.3, 0.4) is 0 Å². The van der Waals surface area contributed by atoms with Crippen LogP contribution in [0.1, 0.15) is 0 Å². The van der Waals surface area contributed by atoms with Gasteiger partial charge in [-0.2, -0.15) is 0 Å². The van der Waals surface area contributed by atoms with Gasteiger partial charge in [-0.05, 0) is 36.4 Å². The molecule has 0 fully saturated rings. The Morgan fingerprint density at radius 3 is 2.26 bits per heavy atom. The second-order valence-corrected chi connectivity index (χ2v) is 6.74. The van der Waals surface area contributed by atoms with Crippen LogP contribution >= 0.6 is 23.2 Å². The third-order valence-electron chi connectivity index (χ3n) is 4.16. The van der Waals surface area contributed by atoms with Crippen LogP contribution < -0.4 is 0 Å². The summed E-state index contributed by atoms with van der Waals surface area (Å²) in [5.74, 6) is -0.444. The SMILES string of the molecule is Fc1ccc(-c2cnc(-c3ccccc3)n2-c2cc(Cl)ccc2F)cc1Cl. The number of benzene rings is 3. The second kappa shape index (κ2) is 7.14. The fourth-order valence-corrected chi connectivity index (χ4v) is 3.25. The quantitative estimate of drug-likeness (QED) is 0.370. The van der Waals surface area contributed by atoms with Crippen molar-refractivity contribution in [3.63, 3.8) is 0 Å². The first-order valence-electron chi connectivity index (χ1n) is 8.08. The van der Waals surface area contributed by atoms with Gasteiger partial charge in [-0.1, -0.05) is 53.5 Å². The van der Waals surface area contributed by atoms with Crippen LogP contribution in [0.4, 0.5) is 8.78 Å². The molecule has 4 rings (SSSR count). The number of aromatic nitrogens is 2. The molecule has 0 spiro atoms. The second-order valence-electron chi connectivity index (χ2n) is 5.89. The van der Waals surface area contributed by atoms with Gasteiger partial charge in [0.2, 0.25) is 0 Å². The molecule has 0 aliphatic rings. The summed E-state index contributed by atoms with van der Waals surface area (Å²) < 4.78 is 29.9. The Morgan fingerprint density at radius 2 is 1.52 bits per heavy atom. The Labute approximate surface area is 164 Å². The third-order valence-corrected chi connectivity index (χ3v) is 4.68. The summed E-state index contributed by atoms with van der Waals surface area (Å²) in [6, 6.07) is 18.0. The van der Waals surface area contributed by atoms with Gasteiger partial charge < -0.3 is 0 Å². The van der Waals surface area contributed by atoms with Crippen molar-refractivity contribution in [3.05, 3.63) is 94.6 Å². The smallest absolute Gasteiger partial charge is 0.147 e. The summed E-state index contributed by atoms with van der Waals surface area (Å²) in [6.07, 6.45) is 1.60. The molecule has 0 aliphatic heterocycles. The topological polar surface area (TPSA) is 17.8 Å². The fraction of sp³-hybridized carbons (Fsp3) is 0. The first-order chi connectivity index (χ1) is 13.0. The van der Waals surface area contributed by atoms with E-state index < -0.39 is 11.6 Å². The molecule has 6 heteroatoms. The molecule has 1 aromatic heterocycles. The van der Waals surface area contributed by atoms with E-state index in [1.807, 2.05) is 30.3 Å². The van der Waals surface area contributed by atoms with Crippen molar-refractivity contribution >= 4 is 23.2 Å². The first kappa shape index (κ1) is 17.7. The Kier molecular flexibility index (Phi) is 4.68. The van der Waals surface area contributed by atoms with E-state index in [1.165, 1.54) is 30.3 Å². The van der Waals surface area contributed by atoms with Crippen LogP contribution in [0.2, 0.25) is 10.0 Å². The highest BCUT2D eigenvalue weighted by atomic mass is 35.5. The lowest BCUT2D eigenvalue weighted by Crippen LogP contribution is -2.03. The predicted octanol–water partition coefficient (Wildman–Crippen LogP) is 6.79. The number of rotatable bonds is 3. The van der Waals surface area contributed by atoms with Gasteiger partial charge in [0.15, 0.2) is 0 Å². The zero-order chi connectivity index (χ0) is 19.0. The minimum atomic E-state index is -0.524. The van der Waals surface area contributed by atoms with Gasteiger partial charge in [0, 0.05) is 16.1 Å². The van der Waals surface area contributed by atoms with Crippen molar-refractivity contribution in [2.24, 2.45) is 0 Å². The lowest BCUT2D eigenvalue weighted by molar-refractivity contribution is 0.619. The summed E-state index contributed by atoms with van der Waals surface area (Å²) in [4.78, 5) is 4.48. The monoisotopic (exact) mass is 400 g/mol. The van der Waals surface area contributed by atoms with Crippen LogP contribution in [0, 0.1) is 11.6 Å². The molecule has 0 saturated heterocycles. The standard InChI is InChI=1S/C21H12Cl2F2N2/c22-15-7-9-18(25)19(11-15)27-20(14-6-8-17(24)16(23)10-14)12-26-21(27)13-4-2-1-3-5-13/h1-12H. The van der Waals surface area contributed by atoms with Crippen LogP contribution in [0.15, 0.2) is 72.9 Å². The van der Waals surface area contributed by atoms with Gasteiger partial charge >= 0.3 is 0 Å². The summed E-state index contributed by atoms with van der Waals surface area (Å²) in [5.41, 5.74) is 2.22. The molecule has 0 bridgehead atoms. The number of hydrogen-bond acceptors (Lipinski definition) is 1. The Hall–Kier alpha value is -2.69. The zero-order valence-corrected chi connectivity index (χ0v) is 15.3. The maximum Gasteiger partial charge on any atom is 0.147 e. The highest BCUT2D eigenvalue weighted by Crippen LogP contribution is 2.33. The van der Waals surface area contributed by atoms with E-state index in [4.69, 9.17) is 23.2 Å². The number of hydrogen-bond donors (Lipinski definition) is 0. The lowest BCUT2D eigenvalue weighted by Gasteiger charge is -2.14. The molecule has 3 aromatic carbocycles. The largest absolute Gasteiger partial charge is 0.289 e. The van der Waals surface area contributed by atoms with Crippen LogP contribution in [-0.4, -0.2) is 9.55 Å². The van der Waals surface area contributed by atoms with Crippen molar-refractivity contribution in [1.82, 2.24) is 9.55 Å². The highest BCUT2D eigenvalue weighted by molar-refractivity contribution is 6.31. The van der Waals surface area contributed by atoms with E-state index >= 15 is 0 Å². The molecule has 1 heterocycles. The molecule has 0 radical (unpaired) electrons. The van der Waals surface area contributed by atoms with Crippen molar-refractivity contribution in [2.45, 2.75) is 0 Å². The van der Waals surface area contributed by atoms with E-state index in [1.54, 1.807) is 16.8 Å². The molecule has 0 saturated carbocycles. The molecule has 2 nitrogen and oxygen atoms in total. The van der Waals surface area contributed by atoms with E-state index in [0.717, 1.165) is 5.56 Å². The highest BCUT2D eigenvalue weighted by Gasteiger charge is 2.19. The summed E-state index contributed by atoms with van der Waals surface area (Å²) in [5, 5.41) is 0.371. The summed E-state index contributed by atoms with van der Waals surface area (Å²) in [7, 11) is 0. The molecule has 4 aromatic rings. The molecular formula is C21H12Cl2F2N2. The van der Waals surface area contributed by atoms with Gasteiger partial charge in [-0.3, -0.25) is 4.57 Å². The first-order valence-corrected chi connectivity index (χ1v) is 8.84. The van der Waals surface area contributed by atoms with Gasteiger partial charge in [0.1, 0.15) is 17.5 Å². The minimum Gasteiger partial charge on any atom is -0.289 e. The van der Waals surface area contributed by atoms with E-state index in [2.05, 4.69) is 4.98 Å². The van der Waals surface area contributed by atoms with E-state index in [-0.39, 0.29) is 10.7 Å². The molecule has 0 aliphatic carbocycles. The van der Waals surface area contributed by atoms with Crippen LogP contribution in [-0.2, 0) is 0 Å². The molecule has 0 unspecified atom stereocenters. The van der Waals surface area contributed by atoms with E-state index in [0.29, 0.717) is 22.1 Å². The predicted molar refractivity (Wildman–Crippen MR) is 104 cm³/mol. The fourth-order valence-electron chi connectivity index (χ4n) is 2.90. The average molecular weight is 401 g/mol. The maximum atomic E-state index is 14.7. The van der Waals surface area contributed by atoms with Crippen LogP contribution in [0.25, 0.3) is 28.3 Å². The Bertz CT molecular complexity index is 1120. The molecule has 0 atom stereocenters. The number of nitrogens with zero attached hydrogens (tertiary/aromatic N) is 2. The molecule has 0 N–H and O–H groups in total. The van der Waals surface area contributed by atoms with Gasteiger partial charge in [0.25, 0.3) is 0 Å². The number of imidazole rings is 1. The van der Waals surface area contributed by atoms with E-state index in [9.17, 15) is 8.78 Å². The van der Waals surface area contributed by atoms with Gasteiger partial charge in [0.05, 0.1) is 22.6 Å². The third kappa shape index (κ3) is 3.34. The van der Waals surface area contributed by atoms with Crippen LogP contribution in [0.5, 0.6) is 0 Å². The molecule has 0 amide bonds. The zero-order valence-electron chi connectivity index (χ0n) is 13.8. The normalized spacial score (nSPS) is 11.0. The molecule has 27 heavy (non-hydrogen) atoms. The maximum absolute atomic E-state index is 14.7. The van der Waals surface area contributed by atoms with Crippen molar-refractivity contribution < 1.29 is 8.78 Å². The lowest BCUT2D eigenvalue weighted by atomic mass is 10.1. The Morgan fingerprint density at radius 1 is 0.778 bits per heavy atom. The van der Waals surface area contributed by atoms with Gasteiger partial charge in [-0.25, -0.2) is 13.8 Å². The summed E-state index contributed by atoms with van der Waals surface area (Å²) in [6.45, 7) is 0. The Balaban J connectivity index is 2.02. The average Bonchev–Trinajstić information content (AvgIpc) is 3.11. The van der Waals surface area contributed by atoms with Crippen molar-refractivity contribution in [1.29, 1.82) is 0 Å². The minimum absolute atomic E-state index is 0.0203. The molecular weight excluding hydrogens is 389 g/mol.